The first-order valence-electron chi connectivity index (χ1n) is 6.85. The molecule has 1 aromatic carbocycles. The number of benzene rings is 1. The first-order chi connectivity index (χ1) is 10.7. The van der Waals surface area contributed by atoms with Gasteiger partial charge in [0.15, 0.2) is 15.9 Å². The van der Waals surface area contributed by atoms with Crippen LogP contribution in [0.15, 0.2) is 22.7 Å². The molecular formula is C14H15BrFNO5S. The highest BCUT2D eigenvalue weighted by atomic mass is 79.9. The standard InChI is InChI=1S/C14H15BrFNO5S/c1-8(13(18)17-10-4-5-23(20,21)7-10)22-14(19)11-6-9(16)2-3-12(11)15/h2-3,6,8,10H,4-5,7H2,1H3,(H,17,18)/t8-,10+/m0/s1. The number of esters is 1. The van der Waals surface area contributed by atoms with Crippen LogP contribution in [-0.2, 0) is 19.4 Å². The number of carbonyl (C=O) groups excluding carboxylic acids is 2. The molecule has 1 amide bonds. The molecule has 0 unspecified atom stereocenters. The van der Waals surface area contributed by atoms with Gasteiger partial charge in [0, 0.05) is 10.5 Å². The second kappa shape index (κ2) is 6.96. The van der Waals surface area contributed by atoms with Crippen molar-refractivity contribution in [1.82, 2.24) is 5.32 Å². The first-order valence-corrected chi connectivity index (χ1v) is 9.46. The van der Waals surface area contributed by atoms with Crippen molar-refractivity contribution in [1.29, 1.82) is 0 Å². The number of hydrogen-bond acceptors (Lipinski definition) is 5. The molecule has 6 nitrogen and oxygen atoms in total. The van der Waals surface area contributed by atoms with E-state index in [0.717, 1.165) is 6.07 Å². The summed E-state index contributed by atoms with van der Waals surface area (Å²) in [5.74, 6) is -2.13. The molecule has 1 fully saturated rings. The fraction of sp³-hybridized carbons (Fsp3) is 0.429. The highest BCUT2D eigenvalue weighted by Gasteiger charge is 2.31. The Hall–Kier alpha value is -1.48. The zero-order chi connectivity index (χ0) is 17.2. The minimum Gasteiger partial charge on any atom is -0.449 e. The van der Waals surface area contributed by atoms with Gasteiger partial charge in [-0.05, 0) is 47.5 Å². The Morgan fingerprint density at radius 1 is 1.43 bits per heavy atom. The van der Waals surface area contributed by atoms with E-state index >= 15 is 0 Å². The summed E-state index contributed by atoms with van der Waals surface area (Å²) in [4.78, 5) is 23.9. The molecular weight excluding hydrogens is 393 g/mol. The monoisotopic (exact) mass is 407 g/mol. The zero-order valence-electron chi connectivity index (χ0n) is 12.2. The van der Waals surface area contributed by atoms with Gasteiger partial charge in [0.25, 0.3) is 5.91 Å². The van der Waals surface area contributed by atoms with Gasteiger partial charge in [-0.1, -0.05) is 0 Å². The Bertz CT molecular complexity index is 737. The van der Waals surface area contributed by atoms with Crippen LogP contribution in [0.3, 0.4) is 0 Å². The molecule has 2 atom stereocenters. The quantitative estimate of drug-likeness (QED) is 0.762. The largest absolute Gasteiger partial charge is 0.449 e. The lowest BCUT2D eigenvalue weighted by molar-refractivity contribution is -0.129. The molecule has 1 N–H and O–H groups in total. The third-order valence-electron chi connectivity index (χ3n) is 3.38. The van der Waals surface area contributed by atoms with Crippen molar-refractivity contribution in [2.24, 2.45) is 0 Å². The Morgan fingerprint density at radius 3 is 2.74 bits per heavy atom. The van der Waals surface area contributed by atoms with Gasteiger partial charge in [0.05, 0.1) is 17.1 Å². The molecule has 23 heavy (non-hydrogen) atoms. The van der Waals surface area contributed by atoms with Gasteiger partial charge in [-0.3, -0.25) is 4.79 Å². The SMILES string of the molecule is C[C@H](OC(=O)c1cc(F)ccc1Br)C(=O)N[C@@H]1CCS(=O)(=O)C1. The highest BCUT2D eigenvalue weighted by Crippen LogP contribution is 2.19. The number of sulfone groups is 1. The third kappa shape index (κ3) is 4.74. The lowest BCUT2D eigenvalue weighted by Gasteiger charge is -2.16. The molecule has 0 spiro atoms. The van der Waals surface area contributed by atoms with Crippen molar-refractivity contribution in [2.45, 2.75) is 25.5 Å². The zero-order valence-corrected chi connectivity index (χ0v) is 14.6. The fourth-order valence-corrected chi connectivity index (χ4v) is 4.24. The van der Waals surface area contributed by atoms with Crippen molar-refractivity contribution < 1.29 is 27.1 Å². The van der Waals surface area contributed by atoms with E-state index in [4.69, 9.17) is 4.74 Å². The lowest BCUT2D eigenvalue weighted by atomic mass is 10.2. The Kier molecular flexibility index (Phi) is 5.41. The van der Waals surface area contributed by atoms with Crippen LogP contribution in [0.5, 0.6) is 0 Å². The van der Waals surface area contributed by atoms with Crippen molar-refractivity contribution in [3.05, 3.63) is 34.1 Å². The minimum atomic E-state index is -3.11. The van der Waals surface area contributed by atoms with Crippen molar-refractivity contribution in [2.75, 3.05) is 11.5 Å². The molecule has 0 bridgehead atoms. The predicted molar refractivity (Wildman–Crippen MR) is 84.2 cm³/mol. The molecule has 0 saturated carbocycles. The smallest absolute Gasteiger partial charge is 0.340 e. The van der Waals surface area contributed by atoms with Crippen LogP contribution < -0.4 is 5.32 Å². The van der Waals surface area contributed by atoms with Crippen molar-refractivity contribution in [3.63, 3.8) is 0 Å². The van der Waals surface area contributed by atoms with Gasteiger partial charge >= 0.3 is 5.97 Å². The van der Waals surface area contributed by atoms with Crippen LogP contribution in [0.2, 0.25) is 0 Å². The summed E-state index contributed by atoms with van der Waals surface area (Å²) in [7, 11) is -3.11. The van der Waals surface area contributed by atoms with E-state index in [0.29, 0.717) is 10.9 Å². The Balaban J connectivity index is 1.95. The number of carbonyl (C=O) groups is 2. The third-order valence-corrected chi connectivity index (χ3v) is 5.84. The van der Waals surface area contributed by atoms with E-state index in [1.165, 1.54) is 19.1 Å². The number of hydrogen-bond donors (Lipinski definition) is 1. The molecule has 126 valence electrons. The summed E-state index contributed by atoms with van der Waals surface area (Å²) in [6.45, 7) is 1.36. The van der Waals surface area contributed by atoms with Crippen LogP contribution in [0.4, 0.5) is 4.39 Å². The van der Waals surface area contributed by atoms with E-state index in [9.17, 15) is 22.4 Å². The molecule has 1 aromatic rings. The maximum absolute atomic E-state index is 13.2. The van der Waals surface area contributed by atoms with E-state index in [1.54, 1.807) is 0 Å². The molecule has 1 aliphatic heterocycles. The van der Waals surface area contributed by atoms with Crippen LogP contribution >= 0.6 is 15.9 Å². The maximum atomic E-state index is 13.2. The number of rotatable bonds is 4. The van der Waals surface area contributed by atoms with Gasteiger partial charge < -0.3 is 10.1 Å². The van der Waals surface area contributed by atoms with E-state index in [2.05, 4.69) is 21.2 Å². The number of nitrogens with one attached hydrogen (secondary N) is 1. The van der Waals surface area contributed by atoms with Crippen molar-refractivity contribution >= 4 is 37.6 Å². The summed E-state index contributed by atoms with van der Waals surface area (Å²) in [6.07, 6.45) is -0.787. The van der Waals surface area contributed by atoms with Crippen LogP contribution in [0.25, 0.3) is 0 Å². The first kappa shape index (κ1) is 17.9. The molecule has 2 rings (SSSR count). The predicted octanol–water partition coefficient (Wildman–Crippen LogP) is 1.44. The summed E-state index contributed by atoms with van der Waals surface area (Å²) < 4.78 is 41.2. The van der Waals surface area contributed by atoms with Gasteiger partial charge in [-0.15, -0.1) is 0 Å². The molecule has 9 heteroatoms. The molecule has 0 aliphatic carbocycles. The summed E-state index contributed by atoms with van der Waals surface area (Å²) in [5, 5.41) is 2.54. The average molecular weight is 408 g/mol. The molecule has 1 saturated heterocycles. The average Bonchev–Trinajstić information content (AvgIpc) is 2.80. The summed E-state index contributed by atoms with van der Waals surface area (Å²) in [5.41, 5.74) is -0.0342. The summed E-state index contributed by atoms with van der Waals surface area (Å²) >= 11 is 3.11. The topological polar surface area (TPSA) is 89.5 Å². The second-order valence-corrected chi connectivity index (χ2v) is 8.36. The normalized spacial score (nSPS) is 20.7. The lowest BCUT2D eigenvalue weighted by Crippen LogP contribution is -2.42. The van der Waals surface area contributed by atoms with Gasteiger partial charge in [-0.2, -0.15) is 0 Å². The van der Waals surface area contributed by atoms with Gasteiger partial charge in [-0.25, -0.2) is 17.6 Å². The minimum absolute atomic E-state index is 0.0301. The second-order valence-electron chi connectivity index (χ2n) is 5.28. The summed E-state index contributed by atoms with van der Waals surface area (Å²) in [6, 6.07) is 3.06. The molecule has 1 heterocycles. The Morgan fingerprint density at radius 2 is 2.13 bits per heavy atom. The van der Waals surface area contributed by atoms with E-state index in [-0.39, 0.29) is 17.1 Å². The van der Waals surface area contributed by atoms with Crippen LogP contribution in [0.1, 0.15) is 23.7 Å². The van der Waals surface area contributed by atoms with E-state index in [1.807, 2.05) is 0 Å². The molecule has 1 aliphatic rings. The number of halogens is 2. The van der Waals surface area contributed by atoms with Crippen LogP contribution in [0, 0.1) is 5.82 Å². The molecule has 0 aromatic heterocycles. The number of ether oxygens (including phenoxy) is 1. The van der Waals surface area contributed by atoms with Crippen molar-refractivity contribution in [3.8, 4) is 0 Å². The fourth-order valence-electron chi connectivity index (χ4n) is 2.16. The van der Waals surface area contributed by atoms with E-state index < -0.39 is 39.7 Å². The molecule has 0 radical (unpaired) electrons. The van der Waals surface area contributed by atoms with Gasteiger partial charge in [0.2, 0.25) is 0 Å². The number of amides is 1. The maximum Gasteiger partial charge on any atom is 0.340 e. The Labute approximate surface area is 141 Å². The highest BCUT2D eigenvalue weighted by molar-refractivity contribution is 9.10. The van der Waals surface area contributed by atoms with Gasteiger partial charge in [0.1, 0.15) is 5.82 Å². The van der Waals surface area contributed by atoms with Crippen LogP contribution in [-0.4, -0.2) is 43.9 Å².